The summed E-state index contributed by atoms with van der Waals surface area (Å²) in [6.07, 6.45) is 3.35. The number of nitrogens with two attached hydrogens (primary N) is 1. The maximum atomic E-state index is 5.67. The highest BCUT2D eigenvalue weighted by molar-refractivity contribution is 4.87. The molecule has 0 aromatic carbocycles. The Balaban J connectivity index is 3.16. The molecule has 0 rings (SSSR count). The summed E-state index contributed by atoms with van der Waals surface area (Å²) in [6.45, 7) is 10.0. The second-order valence-electron chi connectivity index (χ2n) is 3.10. The quantitative estimate of drug-likeness (QED) is 0.362. The van der Waals surface area contributed by atoms with Crippen molar-refractivity contribution in [2.75, 3.05) is 13.1 Å². The summed E-state index contributed by atoms with van der Waals surface area (Å²) in [6, 6.07) is 0. The van der Waals surface area contributed by atoms with Gasteiger partial charge in [0.2, 0.25) is 0 Å². The van der Waals surface area contributed by atoms with E-state index in [1.165, 1.54) is 5.57 Å². The van der Waals surface area contributed by atoms with E-state index in [9.17, 15) is 0 Å². The van der Waals surface area contributed by atoms with E-state index in [1.54, 1.807) is 0 Å². The molecule has 0 unspecified atom stereocenters. The molecule has 66 valence electrons. The van der Waals surface area contributed by atoms with Gasteiger partial charge in [-0.3, -0.25) is 5.84 Å². The van der Waals surface area contributed by atoms with Gasteiger partial charge in [0.25, 0.3) is 0 Å². The minimum absolute atomic E-state index is 0.987. The third-order valence-corrected chi connectivity index (χ3v) is 1.56. The van der Waals surface area contributed by atoms with Gasteiger partial charge in [0.1, 0.15) is 0 Å². The predicted molar refractivity (Wildman–Crippen MR) is 50.1 cm³/mol. The van der Waals surface area contributed by atoms with Crippen molar-refractivity contribution in [1.82, 2.24) is 5.01 Å². The lowest BCUT2D eigenvalue weighted by atomic mass is 10.2. The summed E-state index contributed by atoms with van der Waals surface area (Å²) in [7, 11) is 0. The summed E-state index contributed by atoms with van der Waals surface area (Å²) in [5, 5.41) is 1.88. The average Bonchev–Trinajstić information content (AvgIpc) is 1.87. The molecule has 0 fully saturated rings. The first kappa shape index (κ1) is 10.7. The minimum atomic E-state index is 0.987. The highest BCUT2D eigenvalue weighted by Crippen LogP contribution is 2.00. The molecule has 0 saturated carbocycles. The second kappa shape index (κ2) is 6.38. The fourth-order valence-corrected chi connectivity index (χ4v) is 0.983. The molecule has 0 saturated heterocycles. The van der Waals surface area contributed by atoms with E-state index in [1.807, 2.05) is 5.01 Å². The molecule has 0 aliphatic rings. The van der Waals surface area contributed by atoms with Crippen LogP contribution in [0.15, 0.2) is 12.2 Å². The van der Waals surface area contributed by atoms with Gasteiger partial charge in [0.05, 0.1) is 0 Å². The number of rotatable bonds is 6. The van der Waals surface area contributed by atoms with Gasteiger partial charge in [0.15, 0.2) is 0 Å². The van der Waals surface area contributed by atoms with Gasteiger partial charge in [-0.25, -0.2) is 5.01 Å². The monoisotopic (exact) mass is 156 g/mol. The molecule has 0 radical (unpaired) electrons. The van der Waals surface area contributed by atoms with Crippen molar-refractivity contribution in [2.45, 2.75) is 33.1 Å². The standard InChI is InChI=1S/C9H20N2/c1-4-7-11(10)8-5-6-9(2)3/h2,4-8,10H2,1,3H3. The Morgan fingerprint density at radius 3 is 2.55 bits per heavy atom. The molecule has 0 bridgehead atoms. The first-order chi connectivity index (χ1) is 5.16. The first-order valence-corrected chi connectivity index (χ1v) is 4.30. The SMILES string of the molecule is C=C(C)CCCN(N)CCC. The van der Waals surface area contributed by atoms with Crippen LogP contribution in [0.3, 0.4) is 0 Å². The largest absolute Gasteiger partial charge is 0.269 e. The molecule has 2 N–H and O–H groups in total. The molecule has 2 nitrogen and oxygen atoms in total. The van der Waals surface area contributed by atoms with Crippen molar-refractivity contribution < 1.29 is 0 Å². The third kappa shape index (κ3) is 7.56. The van der Waals surface area contributed by atoms with Crippen LogP contribution >= 0.6 is 0 Å². The van der Waals surface area contributed by atoms with E-state index in [4.69, 9.17) is 5.84 Å². The molecule has 0 aromatic rings. The average molecular weight is 156 g/mol. The van der Waals surface area contributed by atoms with Gasteiger partial charge in [-0.15, -0.1) is 6.58 Å². The van der Waals surface area contributed by atoms with Gasteiger partial charge >= 0.3 is 0 Å². The van der Waals surface area contributed by atoms with Crippen molar-refractivity contribution in [3.8, 4) is 0 Å². The van der Waals surface area contributed by atoms with Crippen molar-refractivity contribution in [1.29, 1.82) is 0 Å². The Bertz CT molecular complexity index is 110. The van der Waals surface area contributed by atoms with Crippen LogP contribution < -0.4 is 5.84 Å². The van der Waals surface area contributed by atoms with Crippen molar-refractivity contribution in [3.05, 3.63) is 12.2 Å². The topological polar surface area (TPSA) is 29.3 Å². The van der Waals surface area contributed by atoms with Crippen LogP contribution in [-0.4, -0.2) is 18.1 Å². The Morgan fingerprint density at radius 1 is 1.45 bits per heavy atom. The summed E-state index contributed by atoms with van der Waals surface area (Å²) in [4.78, 5) is 0. The lowest BCUT2D eigenvalue weighted by Crippen LogP contribution is -2.32. The lowest BCUT2D eigenvalue weighted by Gasteiger charge is -2.14. The molecule has 0 aromatic heterocycles. The van der Waals surface area contributed by atoms with E-state index >= 15 is 0 Å². The zero-order valence-electron chi connectivity index (χ0n) is 7.77. The van der Waals surface area contributed by atoms with Crippen molar-refractivity contribution in [2.24, 2.45) is 5.84 Å². The summed E-state index contributed by atoms with van der Waals surface area (Å²) in [5.41, 5.74) is 1.25. The van der Waals surface area contributed by atoms with Gasteiger partial charge in [-0.2, -0.15) is 0 Å². The molecule has 0 aliphatic carbocycles. The predicted octanol–water partition coefficient (Wildman–Crippen LogP) is 1.93. The fraction of sp³-hybridized carbons (Fsp3) is 0.778. The first-order valence-electron chi connectivity index (χ1n) is 4.30. The normalized spacial score (nSPS) is 10.5. The Labute approximate surface area is 70.0 Å². The third-order valence-electron chi connectivity index (χ3n) is 1.56. The maximum absolute atomic E-state index is 5.67. The van der Waals surface area contributed by atoms with Gasteiger partial charge in [0, 0.05) is 13.1 Å². The van der Waals surface area contributed by atoms with Crippen LogP contribution in [0.1, 0.15) is 33.1 Å². The number of hydrogen-bond donors (Lipinski definition) is 1. The van der Waals surface area contributed by atoms with E-state index in [2.05, 4.69) is 20.4 Å². The number of hydrazine groups is 1. The van der Waals surface area contributed by atoms with Crippen LogP contribution in [0.25, 0.3) is 0 Å². The van der Waals surface area contributed by atoms with E-state index < -0.39 is 0 Å². The molecular weight excluding hydrogens is 136 g/mol. The van der Waals surface area contributed by atoms with Crippen LogP contribution in [0.5, 0.6) is 0 Å². The highest BCUT2D eigenvalue weighted by Gasteiger charge is 1.95. The Kier molecular flexibility index (Phi) is 6.18. The van der Waals surface area contributed by atoms with Gasteiger partial charge in [-0.05, 0) is 26.2 Å². The molecule has 0 amide bonds. The van der Waals surface area contributed by atoms with E-state index in [0.717, 1.165) is 32.4 Å². The minimum Gasteiger partial charge on any atom is -0.269 e. The maximum Gasteiger partial charge on any atom is 0.0131 e. The van der Waals surface area contributed by atoms with Crippen LogP contribution in [-0.2, 0) is 0 Å². The van der Waals surface area contributed by atoms with Gasteiger partial charge in [-0.1, -0.05) is 12.5 Å². The lowest BCUT2D eigenvalue weighted by molar-refractivity contribution is 0.280. The van der Waals surface area contributed by atoms with E-state index in [-0.39, 0.29) is 0 Å². The number of nitrogens with zero attached hydrogens (tertiary/aromatic N) is 1. The summed E-state index contributed by atoms with van der Waals surface area (Å²) < 4.78 is 0. The van der Waals surface area contributed by atoms with Crippen LogP contribution in [0, 0.1) is 0 Å². The van der Waals surface area contributed by atoms with Crippen molar-refractivity contribution >= 4 is 0 Å². The number of allylic oxidation sites excluding steroid dienone is 1. The Morgan fingerprint density at radius 2 is 2.09 bits per heavy atom. The van der Waals surface area contributed by atoms with Gasteiger partial charge < -0.3 is 0 Å². The molecule has 11 heavy (non-hydrogen) atoms. The fourth-order valence-electron chi connectivity index (χ4n) is 0.983. The zero-order chi connectivity index (χ0) is 8.69. The van der Waals surface area contributed by atoms with E-state index in [0.29, 0.717) is 0 Å². The second-order valence-corrected chi connectivity index (χ2v) is 3.10. The van der Waals surface area contributed by atoms with Crippen LogP contribution in [0.4, 0.5) is 0 Å². The highest BCUT2D eigenvalue weighted by atomic mass is 15.4. The summed E-state index contributed by atoms with van der Waals surface area (Å²) in [5.74, 6) is 5.67. The van der Waals surface area contributed by atoms with Crippen molar-refractivity contribution in [3.63, 3.8) is 0 Å². The summed E-state index contributed by atoms with van der Waals surface area (Å²) >= 11 is 0. The Hall–Kier alpha value is -0.340. The van der Waals surface area contributed by atoms with Crippen LogP contribution in [0.2, 0.25) is 0 Å². The molecule has 0 spiro atoms. The molecule has 0 aliphatic heterocycles. The molecular formula is C9H20N2. The molecule has 2 heteroatoms. The smallest absolute Gasteiger partial charge is 0.0131 e. The molecule has 0 heterocycles. The molecule has 0 atom stereocenters. The number of hydrogen-bond acceptors (Lipinski definition) is 2. The zero-order valence-corrected chi connectivity index (χ0v) is 7.77.